The van der Waals surface area contributed by atoms with Crippen molar-refractivity contribution in [1.29, 1.82) is 0 Å². The molecule has 0 bridgehead atoms. The second-order valence-corrected chi connectivity index (χ2v) is 4.48. The molecule has 7 heteroatoms. The molecular formula is C10H9BrF3N3. The van der Waals surface area contributed by atoms with Gasteiger partial charge in [0.1, 0.15) is 5.84 Å². The van der Waals surface area contributed by atoms with E-state index in [1.165, 1.54) is 11.1 Å². The Balaban J connectivity index is 2.38. The third-order valence-corrected chi connectivity index (χ3v) is 3.07. The van der Waals surface area contributed by atoms with Crippen molar-refractivity contribution in [3.63, 3.8) is 0 Å². The van der Waals surface area contributed by atoms with Gasteiger partial charge < -0.3 is 5.73 Å². The van der Waals surface area contributed by atoms with Gasteiger partial charge in [-0.15, -0.1) is 0 Å². The largest absolute Gasteiger partial charge is 0.417 e. The Morgan fingerprint density at radius 1 is 1.35 bits per heavy atom. The van der Waals surface area contributed by atoms with Crippen molar-refractivity contribution < 1.29 is 13.2 Å². The van der Waals surface area contributed by atoms with E-state index in [4.69, 9.17) is 5.73 Å². The van der Waals surface area contributed by atoms with Gasteiger partial charge in [-0.2, -0.15) is 18.3 Å². The van der Waals surface area contributed by atoms with E-state index in [-0.39, 0.29) is 4.47 Å². The Hall–Kier alpha value is -1.24. The fourth-order valence-electron chi connectivity index (χ4n) is 1.55. The normalized spacial score (nSPS) is 16.2. The average Bonchev–Trinajstić information content (AvgIpc) is 2.64. The molecule has 3 nitrogen and oxygen atoms in total. The maximum absolute atomic E-state index is 12.7. The summed E-state index contributed by atoms with van der Waals surface area (Å²) in [7, 11) is 0. The molecule has 0 radical (unpaired) electrons. The standard InChI is InChI=1S/C10H9BrF3N3/c11-8-2-1-6(5-7(8)10(12,13)14)17-4-3-9(15)16-17/h1-2,5H,3-4H2,(H2,15,16). The van der Waals surface area contributed by atoms with E-state index >= 15 is 0 Å². The molecule has 0 amide bonds. The lowest BCUT2D eigenvalue weighted by Gasteiger charge is -2.16. The van der Waals surface area contributed by atoms with E-state index in [1.54, 1.807) is 6.07 Å². The van der Waals surface area contributed by atoms with Gasteiger partial charge in [0.15, 0.2) is 0 Å². The van der Waals surface area contributed by atoms with Crippen LogP contribution in [0.3, 0.4) is 0 Å². The maximum atomic E-state index is 12.7. The molecule has 0 fully saturated rings. The molecule has 2 rings (SSSR count). The molecule has 2 N–H and O–H groups in total. The number of halogens is 4. The summed E-state index contributed by atoms with van der Waals surface area (Å²) in [5.41, 5.74) is 5.17. The summed E-state index contributed by atoms with van der Waals surface area (Å²) < 4.78 is 38.1. The molecule has 0 spiro atoms. The van der Waals surface area contributed by atoms with Gasteiger partial charge in [0, 0.05) is 17.4 Å². The highest BCUT2D eigenvalue weighted by Gasteiger charge is 2.33. The van der Waals surface area contributed by atoms with Crippen LogP contribution in [0.1, 0.15) is 12.0 Å². The molecule has 0 saturated heterocycles. The Morgan fingerprint density at radius 2 is 2.06 bits per heavy atom. The predicted molar refractivity (Wildman–Crippen MR) is 62.7 cm³/mol. The van der Waals surface area contributed by atoms with E-state index in [2.05, 4.69) is 21.0 Å². The highest BCUT2D eigenvalue weighted by atomic mass is 79.9. The number of amidine groups is 1. The lowest BCUT2D eigenvalue weighted by Crippen LogP contribution is -2.14. The molecule has 0 saturated carbocycles. The van der Waals surface area contributed by atoms with Gasteiger partial charge in [-0.3, -0.25) is 5.01 Å². The Kier molecular flexibility index (Phi) is 3.03. The Labute approximate surface area is 104 Å². The first kappa shape index (κ1) is 12.2. The molecule has 0 aromatic heterocycles. The topological polar surface area (TPSA) is 41.6 Å². The minimum Gasteiger partial charge on any atom is -0.386 e. The van der Waals surface area contributed by atoms with Gasteiger partial charge >= 0.3 is 6.18 Å². The van der Waals surface area contributed by atoms with E-state index < -0.39 is 11.7 Å². The fraction of sp³-hybridized carbons (Fsp3) is 0.300. The second kappa shape index (κ2) is 4.21. The van der Waals surface area contributed by atoms with Crippen LogP contribution >= 0.6 is 15.9 Å². The van der Waals surface area contributed by atoms with E-state index in [0.29, 0.717) is 24.5 Å². The molecule has 17 heavy (non-hydrogen) atoms. The molecule has 1 heterocycles. The number of nitrogens with two attached hydrogens (primary N) is 1. The van der Waals surface area contributed by atoms with Crippen molar-refractivity contribution in [2.24, 2.45) is 10.8 Å². The zero-order chi connectivity index (χ0) is 12.6. The van der Waals surface area contributed by atoms with E-state index in [0.717, 1.165) is 6.07 Å². The molecule has 1 aliphatic rings. The van der Waals surface area contributed by atoms with Crippen LogP contribution in [0.15, 0.2) is 27.8 Å². The fourth-order valence-corrected chi connectivity index (χ4v) is 2.02. The Bertz CT molecular complexity index is 470. The summed E-state index contributed by atoms with van der Waals surface area (Å²) in [4.78, 5) is 0. The highest BCUT2D eigenvalue weighted by Crippen LogP contribution is 2.37. The van der Waals surface area contributed by atoms with Crippen molar-refractivity contribution in [1.82, 2.24) is 0 Å². The van der Waals surface area contributed by atoms with Gasteiger partial charge in [-0.1, -0.05) is 15.9 Å². The van der Waals surface area contributed by atoms with Gasteiger partial charge in [0.05, 0.1) is 11.3 Å². The number of hydrogen-bond donors (Lipinski definition) is 1. The molecule has 0 unspecified atom stereocenters. The first-order valence-corrected chi connectivity index (χ1v) is 5.64. The van der Waals surface area contributed by atoms with E-state index in [1.807, 2.05) is 0 Å². The van der Waals surface area contributed by atoms with Crippen molar-refractivity contribution in [3.05, 3.63) is 28.2 Å². The molecule has 0 aliphatic carbocycles. The minimum absolute atomic E-state index is 0.0184. The summed E-state index contributed by atoms with van der Waals surface area (Å²) in [5.74, 6) is 0.432. The molecule has 1 aliphatic heterocycles. The quantitative estimate of drug-likeness (QED) is 0.866. The molecule has 1 aromatic rings. The van der Waals surface area contributed by atoms with Crippen molar-refractivity contribution >= 4 is 27.5 Å². The zero-order valence-electron chi connectivity index (χ0n) is 8.63. The zero-order valence-corrected chi connectivity index (χ0v) is 10.2. The van der Waals surface area contributed by atoms with Crippen LogP contribution in [0.4, 0.5) is 18.9 Å². The number of benzene rings is 1. The SMILES string of the molecule is NC1=NN(c2ccc(Br)c(C(F)(F)F)c2)CC1. The Morgan fingerprint density at radius 3 is 2.59 bits per heavy atom. The van der Waals surface area contributed by atoms with Crippen molar-refractivity contribution in [3.8, 4) is 0 Å². The number of hydrazone groups is 1. The summed E-state index contributed by atoms with van der Waals surface area (Å²) in [6, 6.07) is 4.00. The third kappa shape index (κ3) is 2.54. The minimum atomic E-state index is -4.39. The van der Waals surface area contributed by atoms with Gasteiger partial charge in [0.25, 0.3) is 0 Å². The first-order valence-electron chi connectivity index (χ1n) is 4.85. The van der Waals surface area contributed by atoms with E-state index in [9.17, 15) is 13.2 Å². The van der Waals surface area contributed by atoms with Crippen molar-refractivity contribution in [2.75, 3.05) is 11.6 Å². The number of nitrogens with zero attached hydrogens (tertiary/aromatic N) is 2. The molecule has 92 valence electrons. The molecule has 1 aromatic carbocycles. The summed E-state index contributed by atoms with van der Waals surface area (Å²) >= 11 is 2.89. The van der Waals surface area contributed by atoms with Gasteiger partial charge in [-0.25, -0.2) is 0 Å². The van der Waals surface area contributed by atoms with Crippen LogP contribution in [0.5, 0.6) is 0 Å². The number of hydrogen-bond acceptors (Lipinski definition) is 3. The van der Waals surface area contributed by atoms with Gasteiger partial charge in [-0.05, 0) is 18.2 Å². The predicted octanol–water partition coefficient (Wildman–Crippen LogP) is 2.95. The monoisotopic (exact) mass is 307 g/mol. The summed E-state index contributed by atoms with van der Waals surface area (Å²) in [6.45, 7) is 0.505. The number of anilines is 1. The maximum Gasteiger partial charge on any atom is 0.417 e. The van der Waals surface area contributed by atoms with Gasteiger partial charge in [0.2, 0.25) is 0 Å². The van der Waals surface area contributed by atoms with Crippen LogP contribution in [-0.2, 0) is 6.18 Å². The van der Waals surface area contributed by atoms with Crippen molar-refractivity contribution in [2.45, 2.75) is 12.6 Å². The van der Waals surface area contributed by atoms with Crippen LogP contribution in [0, 0.1) is 0 Å². The number of alkyl halides is 3. The molecule has 0 atom stereocenters. The highest BCUT2D eigenvalue weighted by molar-refractivity contribution is 9.10. The average molecular weight is 308 g/mol. The van der Waals surface area contributed by atoms with Crippen LogP contribution < -0.4 is 10.7 Å². The lowest BCUT2D eigenvalue weighted by atomic mass is 10.2. The second-order valence-electron chi connectivity index (χ2n) is 3.63. The summed E-state index contributed by atoms with van der Waals surface area (Å²) in [5, 5.41) is 5.43. The number of rotatable bonds is 1. The van der Waals surface area contributed by atoms with Crippen LogP contribution in [0.25, 0.3) is 0 Å². The van der Waals surface area contributed by atoms with Crippen LogP contribution in [0.2, 0.25) is 0 Å². The van der Waals surface area contributed by atoms with Crippen LogP contribution in [-0.4, -0.2) is 12.4 Å². The first-order chi connectivity index (χ1) is 7.88. The summed E-state index contributed by atoms with van der Waals surface area (Å²) in [6.07, 6.45) is -3.82. The smallest absolute Gasteiger partial charge is 0.386 e. The lowest BCUT2D eigenvalue weighted by molar-refractivity contribution is -0.138. The molecular weight excluding hydrogens is 299 g/mol. The third-order valence-electron chi connectivity index (χ3n) is 2.38.